The molecule has 1 aliphatic carbocycles. The summed E-state index contributed by atoms with van der Waals surface area (Å²) in [5.74, 6) is -0.0947. The first-order chi connectivity index (χ1) is 15.8. The van der Waals surface area contributed by atoms with Crippen LogP contribution >= 0.6 is 0 Å². The minimum absolute atomic E-state index is 0.0271. The quantitative estimate of drug-likeness (QED) is 0.634. The van der Waals surface area contributed by atoms with Crippen LogP contribution in [0.3, 0.4) is 0 Å². The highest BCUT2D eigenvalue weighted by molar-refractivity contribution is 7.80. The fraction of sp³-hybridized carbons (Fsp3) is 0.500. The van der Waals surface area contributed by atoms with Gasteiger partial charge in [0, 0.05) is 31.4 Å². The normalized spacial score (nSPS) is 21.1. The predicted molar refractivity (Wildman–Crippen MR) is 126 cm³/mol. The molecule has 178 valence electrons. The van der Waals surface area contributed by atoms with Gasteiger partial charge in [0.25, 0.3) is 0 Å². The molecule has 4 rings (SSSR count). The van der Waals surface area contributed by atoms with E-state index in [4.69, 9.17) is 9.92 Å². The molecule has 1 fully saturated rings. The molecule has 2 aliphatic heterocycles. The van der Waals surface area contributed by atoms with Gasteiger partial charge in [-0.3, -0.25) is 14.3 Å². The van der Waals surface area contributed by atoms with E-state index in [1.807, 2.05) is 0 Å². The molecule has 0 spiro atoms. The van der Waals surface area contributed by atoms with E-state index < -0.39 is 16.5 Å². The zero-order chi connectivity index (χ0) is 23.6. The highest BCUT2D eigenvalue weighted by Crippen LogP contribution is 2.38. The first kappa shape index (κ1) is 23.8. The summed E-state index contributed by atoms with van der Waals surface area (Å²) in [5, 5.41) is 0. The Kier molecular flexibility index (Phi) is 7.13. The van der Waals surface area contributed by atoms with Crippen molar-refractivity contribution in [2.24, 2.45) is 10.7 Å². The van der Waals surface area contributed by atoms with Gasteiger partial charge in [-0.2, -0.15) is 8.42 Å². The highest BCUT2D eigenvalue weighted by atomic mass is 32.3. The largest absolute Gasteiger partial charge is 0.398 e. The second-order valence-electron chi connectivity index (χ2n) is 8.78. The molecular weight excluding hydrogens is 442 g/mol. The second-order valence-corrected chi connectivity index (χ2v) is 9.83. The van der Waals surface area contributed by atoms with E-state index in [-0.39, 0.29) is 12.5 Å². The molecule has 2 heterocycles. The Balaban J connectivity index is 1.68. The summed E-state index contributed by atoms with van der Waals surface area (Å²) >= 11 is 0. The number of carbonyl (C=O) groups excluding carboxylic acids is 1. The van der Waals surface area contributed by atoms with Crippen molar-refractivity contribution >= 4 is 22.5 Å². The van der Waals surface area contributed by atoms with Gasteiger partial charge in [0.1, 0.15) is 6.10 Å². The van der Waals surface area contributed by atoms with Crippen LogP contribution in [0.4, 0.5) is 0 Å². The summed E-state index contributed by atoms with van der Waals surface area (Å²) in [5.41, 5.74) is 13.1. The lowest BCUT2D eigenvalue weighted by Crippen LogP contribution is -2.40. The van der Waals surface area contributed by atoms with Crippen molar-refractivity contribution < 1.29 is 21.9 Å². The van der Waals surface area contributed by atoms with E-state index in [0.29, 0.717) is 38.8 Å². The van der Waals surface area contributed by atoms with Crippen LogP contribution in [0.25, 0.3) is 0 Å². The van der Waals surface area contributed by atoms with Gasteiger partial charge in [0.05, 0.1) is 6.54 Å². The number of likely N-dealkylation sites (tertiary alicyclic amines) is 1. The van der Waals surface area contributed by atoms with Gasteiger partial charge in [-0.05, 0) is 59.9 Å². The first-order valence-electron chi connectivity index (χ1n) is 11.5. The molecule has 1 amide bonds. The summed E-state index contributed by atoms with van der Waals surface area (Å²) in [4.78, 5) is 18.3. The topological polar surface area (TPSA) is 122 Å². The highest BCUT2D eigenvalue weighted by Gasteiger charge is 2.33. The van der Waals surface area contributed by atoms with Gasteiger partial charge in [-0.25, -0.2) is 4.18 Å². The maximum atomic E-state index is 12.0. The number of rotatable bonds is 5. The number of benzene rings is 1. The van der Waals surface area contributed by atoms with Crippen molar-refractivity contribution in [3.63, 3.8) is 0 Å². The molecule has 8 nitrogen and oxygen atoms in total. The number of hydrogen-bond acceptors (Lipinski definition) is 6. The molecule has 0 saturated carbocycles. The predicted octanol–water partition coefficient (Wildman–Crippen LogP) is 2.53. The molecular formula is C24H31N3O5S. The SMILES string of the molecule is CCCc1ccc2c(c1)CCC1=C(C2)N=CC(OS(=O)(=O)O)C1=C1CCN(C(=O)CN)CC1. The van der Waals surface area contributed by atoms with E-state index >= 15 is 0 Å². The van der Waals surface area contributed by atoms with Crippen molar-refractivity contribution in [3.8, 4) is 0 Å². The van der Waals surface area contributed by atoms with Crippen LogP contribution < -0.4 is 5.73 Å². The lowest BCUT2D eigenvalue weighted by molar-refractivity contribution is -0.130. The average molecular weight is 474 g/mol. The summed E-state index contributed by atoms with van der Waals surface area (Å²) in [6, 6.07) is 6.63. The molecule has 3 N–H and O–H groups in total. The van der Waals surface area contributed by atoms with Crippen molar-refractivity contribution in [1.29, 1.82) is 0 Å². The first-order valence-corrected chi connectivity index (χ1v) is 12.9. The van der Waals surface area contributed by atoms with Crippen LogP contribution in [0, 0.1) is 0 Å². The molecule has 33 heavy (non-hydrogen) atoms. The van der Waals surface area contributed by atoms with Gasteiger partial charge >= 0.3 is 10.4 Å². The maximum absolute atomic E-state index is 12.0. The molecule has 9 heteroatoms. The van der Waals surface area contributed by atoms with Crippen LogP contribution in [0.2, 0.25) is 0 Å². The number of amides is 1. The Bertz CT molecular complexity index is 1130. The van der Waals surface area contributed by atoms with Crippen molar-refractivity contribution in [2.45, 2.75) is 58.0 Å². The zero-order valence-corrected chi connectivity index (χ0v) is 19.7. The van der Waals surface area contributed by atoms with Crippen molar-refractivity contribution in [1.82, 2.24) is 4.90 Å². The Labute approximate surface area is 195 Å². The van der Waals surface area contributed by atoms with Crippen molar-refractivity contribution in [2.75, 3.05) is 19.6 Å². The molecule has 1 unspecified atom stereocenters. The number of hydrogen-bond donors (Lipinski definition) is 2. The molecule has 0 radical (unpaired) electrons. The van der Waals surface area contributed by atoms with E-state index in [0.717, 1.165) is 41.7 Å². The summed E-state index contributed by atoms with van der Waals surface area (Å²) in [6.45, 7) is 3.18. The van der Waals surface area contributed by atoms with Crippen LogP contribution in [-0.2, 0) is 38.6 Å². The molecule has 1 aromatic carbocycles. The third-order valence-corrected chi connectivity index (χ3v) is 7.09. The Morgan fingerprint density at radius 1 is 1.21 bits per heavy atom. The number of nitrogens with two attached hydrogens (primary N) is 1. The lowest BCUT2D eigenvalue weighted by atomic mass is 9.85. The van der Waals surface area contributed by atoms with Gasteiger partial charge < -0.3 is 10.6 Å². The Morgan fingerprint density at radius 2 is 1.97 bits per heavy atom. The molecule has 1 saturated heterocycles. The minimum Gasteiger partial charge on any atom is -0.341 e. The fourth-order valence-electron chi connectivity index (χ4n) is 5.08. The van der Waals surface area contributed by atoms with E-state index in [2.05, 4.69) is 30.1 Å². The van der Waals surface area contributed by atoms with Gasteiger partial charge in [0.15, 0.2) is 0 Å². The van der Waals surface area contributed by atoms with Gasteiger partial charge in [0.2, 0.25) is 5.91 Å². The van der Waals surface area contributed by atoms with Gasteiger partial charge in [-0.15, -0.1) is 0 Å². The number of aliphatic imine (C=N–C) groups is 1. The summed E-state index contributed by atoms with van der Waals surface area (Å²) in [6.07, 6.45) is 6.04. The van der Waals surface area contributed by atoms with Crippen LogP contribution in [0.1, 0.15) is 49.3 Å². The Morgan fingerprint density at radius 3 is 2.64 bits per heavy atom. The molecule has 3 aliphatic rings. The lowest BCUT2D eigenvalue weighted by Gasteiger charge is -2.33. The number of piperidine rings is 1. The molecule has 0 bridgehead atoms. The number of fused-ring (bicyclic) bond motifs is 1. The molecule has 0 aromatic heterocycles. The fourth-order valence-corrected chi connectivity index (χ4v) is 5.49. The summed E-state index contributed by atoms with van der Waals surface area (Å²) < 4.78 is 37.6. The van der Waals surface area contributed by atoms with Crippen LogP contribution in [0.5, 0.6) is 0 Å². The van der Waals surface area contributed by atoms with E-state index in [9.17, 15) is 17.8 Å². The van der Waals surface area contributed by atoms with E-state index in [1.54, 1.807) is 4.90 Å². The van der Waals surface area contributed by atoms with E-state index in [1.165, 1.54) is 22.9 Å². The number of nitrogens with zero attached hydrogens (tertiary/aromatic N) is 2. The van der Waals surface area contributed by atoms with Crippen molar-refractivity contribution in [3.05, 3.63) is 57.3 Å². The van der Waals surface area contributed by atoms with Crippen LogP contribution in [0.15, 0.2) is 45.6 Å². The average Bonchev–Trinajstić information content (AvgIpc) is 2.97. The molecule has 1 aromatic rings. The third kappa shape index (κ3) is 5.43. The van der Waals surface area contributed by atoms with Crippen LogP contribution in [-0.4, -0.2) is 55.7 Å². The monoisotopic (exact) mass is 473 g/mol. The Hall–Kier alpha value is -2.33. The second kappa shape index (κ2) is 9.89. The number of allylic oxidation sites excluding steroid dienone is 1. The minimum atomic E-state index is -4.67. The standard InChI is InChI=1S/C24H31N3O5S/c1-2-3-16-4-5-19-13-21-20(7-6-18(19)12-16)24(22(15-26-21)32-33(29,30)31)17-8-10-27(11-9-17)23(28)14-25/h4-5,12,15,22H,2-3,6-11,13-14,25H2,1H3,(H,29,30,31). The van der Waals surface area contributed by atoms with Gasteiger partial charge in [-0.1, -0.05) is 37.1 Å². The number of carbonyl (C=O) groups is 1. The maximum Gasteiger partial charge on any atom is 0.398 e. The zero-order valence-electron chi connectivity index (χ0n) is 18.9. The third-order valence-electron chi connectivity index (χ3n) is 6.64. The smallest absolute Gasteiger partial charge is 0.341 e. The molecule has 1 atom stereocenters. The number of aryl methyl sites for hydroxylation is 2. The summed E-state index contributed by atoms with van der Waals surface area (Å²) in [7, 11) is -4.67.